The Morgan fingerprint density at radius 2 is 1.89 bits per heavy atom. The quantitative estimate of drug-likeness (QED) is 0.793. The maximum atomic E-state index is 12.9. The van der Waals surface area contributed by atoms with Crippen molar-refractivity contribution in [3.8, 4) is 6.07 Å². The zero-order valence-corrected chi connectivity index (χ0v) is 14.5. The second kappa shape index (κ2) is 7.78. The van der Waals surface area contributed by atoms with Crippen LogP contribution in [-0.2, 0) is 23.9 Å². The highest BCUT2D eigenvalue weighted by atomic mass is 19.4. The molecule has 1 aromatic carbocycles. The summed E-state index contributed by atoms with van der Waals surface area (Å²) in [4.78, 5) is 17.8. The molecule has 0 atom stereocenters. The maximum absolute atomic E-state index is 12.9. The number of carbonyl (C=O) groups is 1. The van der Waals surface area contributed by atoms with Gasteiger partial charge >= 0.3 is 6.18 Å². The molecule has 0 radical (unpaired) electrons. The van der Waals surface area contributed by atoms with Crippen molar-refractivity contribution in [3.63, 3.8) is 0 Å². The van der Waals surface area contributed by atoms with E-state index in [1.807, 2.05) is 6.07 Å². The molecule has 0 unspecified atom stereocenters. The van der Waals surface area contributed by atoms with Crippen molar-refractivity contribution in [1.82, 2.24) is 9.88 Å². The molecule has 140 valence electrons. The van der Waals surface area contributed by atoms with Crippen LogP contribution in [0.3, 0.4) is 0 Å². The minimum atomic E-state index is -4.51. The molecular weight excluding hydrogens is 355 g/mol. The van der Waals surface area contributed by atoms with Crippen molar-refractivity contribution in [1.29, 1.82) is 5.26 Å². The van der Waals surface area contributed by atoms with Crippen molar-refractivity contribution < 1.29 is 18.0 Å². The van der Waals surface area contributed by atoms with Crippen LogP contribution in [0.25, 0.3) is 0 Å². The average Bonchev–Trinajstić information content (AvgIpc) is 2.60. The van der Waals surface area contributed by atoms with Crippen LogP contribution in [0.5, 0.6) is 0 Å². The first-order valence-electron chi connectivity index (χ1n) is 8.67. The first kappa shape index (κ1) is 18.9. The molecular formula is C20H18F3N3O. The number of amides is 1. The van der Waals surface area contributed by atoms with Gasteiger partial charge in [0.2, 0.25) is 5.91 Å². The SMILES string of the molecule is N#Cc1ccc(CC(=O)N(Cc2ccnc(C(F)(F)F)c2)C2CCC2)cc1. The van der Waals surface area contributed by atoms with Crippen molar-refractivity contribution in [3.05, 3.63) is 65.0 Å². The molecule has 1 saturated carbocycles. The van der Waals surface area contributed by atoms with E-state index in [2.05, 4.69) is 4.98 Å². The van der Waals surface area contributed by atoms with Crippen LogP contribution in [0.4, 0.5) is 13.2 Å². The Bertz CT molecular complexity index is 852. The van der Waals surface area contributed by atoms with Crippen molar-refractivity contribution in [2.75, 3.05) is 0 Å². The first-order valence-corrected chi connectivity index (χ1v) is 8.67. The van der Waals surface area contributed by atoms with Gasteiger partial charge in [-0.2, -0.15) is 18.4 Å². The Labute approximate surface area is 155 Å². The van der Waals surface area contributed by atoms with Crippen LogP contribution in [0.1, 0.15) is 41.6 Å². The number of pyridine rings is 1. The number of hydrogen-bond acceptors (Lipinski definition) is 3. The van der Waals surface area contributed by atoms with Gasteiger partial charge in [0.15, 0.2) is 0 Å². The molecule has 1 fully saturated rings. The maximum Gasteiger partial charge on any atom is 0.433 e. The largest absolute Gasteiger partial charge is 0.433 e. The molecule has 1 heterocycles. The summed E-state index contributed by atoms with van der Waals surface area (Å²) in [5.74, 6) is -0.130. The second-order valence-electron chi connectivity index (χ2n) is 6.64. The van der Waals surface area contributed by atoms with Crippen LogP contribution >= 0.6 is 0 Å². The zero-order valence-electron chi connectivity index (χ0n) is 14.5. The highest BCUT2D eigenvalue weighted by Gasteiger charge is 2.33. The van der Waals surface area contributed by atoms with E-state index >= 15 is 0 Å². The van der Waals surface area contributed by atoms with Crippen LogP contribution in [0.2, 0.25) is 0 Å². The molecule has 0 spiro atoms. The summed E-state index contributed by atoms with van der Waals surface area (Å²) < 4.78 is 38.6. The molecule has 0 aliphatic heterocycles. The van der Waals surface area contributed by atoms with E-state index in [1.165, 1.54) is 6.07 Å². The summed E-state index contributed by atoms with van der Waals surface area (Å²) in [5, 5.41) is 8.84. The van der Waals surface area contributed by atoms with Gasteiger partial charge in [-0.1, -0.05) is 12.1 Å². The van der Waals surface area contributed by atoms with Crippen LogP contribution in [0, 0.1) is 11.3 Å². The molecule has 3 rings (SSSR count). The lowest BCUT2D eigenvalue weighted by Crippen LogP contribution is -2.44. The van der Waals surface area contributed by atoms with Gasteiger partial charge in [-0.15, -0.1) is 0 Å². The molecule has 27 heavy (non-hydrogen) atoms. The highest BCUT2D eigenvalue weighted by Crippen LogP contribution is 2.30. The second-order valence-corrected chi connectivity index (χ2v) is 6.64. The fraction of sp³-hybridized carbons (Fsp3) is 0.350. The van der Waals surface area contributed by atoms with Crippen LogP contribution in [0.15, 0.2) is 42.6 Å². The fourth-order valence-corrected chi connectivity index (χ4v) is 3.02. The number of halogens is 3. The summed E-state index contributed by atoms with van der Waals surface area (Å²) in [6.45, 7) is 0.130. The Hall–Kier alpha value is -2.88. The van der Waals surface area contributed by atoms with Gasteiger partial charge in [-0.05, 0) is 54.7 Å². The van der Waals surface area contributed by atoms with Crippen LogP contribution in [-0.4, -0.2) is 21.8 Å². The highest BCUT2D eigenvalue weighted by molar-refractivity contribution is 5.79. The molecule has 1 aromatic heterocycles. The summed E-state index contributed by atoms with van der Waals surface area (Å²) in [5.41, 5.74) is 0.748. The third-order valence-electron chi connectivity index (χ3n) is 4.74. The predicted molar refractivity (Wildman–Crippen MR) is 92.3 cm³/mol. The van der Waals surface area contributed by atoms with Gasteiger partial charge < -0.3 is 4.90 Å². The summed E-state index contributed by atoms with van der Waals surface area (Å²) >= 11 is 0. The third-order valence-corrected chi connectivity index (χ3v) is 4.74. The molecule has 0 saturated heterocycles. The Morgan fingerprint density at radius 1 is 1.19 bits per heavy atom. The smallest absolute Gasteiger partial charge is 0.335 e. The molecule has 1 aliphatic rings. The van der Waals surface area contributed by atoms with E-state index in [1.54, 1.807) is 29.2 Å². The molecule has 0 N–H and O–H groups in total. The number of nitriles is 1. The van der Waals surface area contributed by atoms with Crippen molar-refractivity contribution in [2.45, 2.75) is 44.4 Å². The molecule has 7 heteroatoms. The van der Waals surface area contributed by atoms with E-state index in [4.69, 9.17) is 5.26 Å². The van der Waals surface area contributed by atoms with Gasteiger partial charge in [0, 0.05) is 18.8 Å². The standard InChI is InChI=1S/C20H18F3N3O/c21-20(22,23)18-10-16(8-9-25-18)13-26(17-2-1-3-17)19(27)11-14-4-6-15(12-24)7-5-14/h4-10,17H,1-3,11,13H2. The van der Waals surface area contributed by atoms with Gasteiger partial charge in [0.1, 0.15) is 5.69 Å². The zero-order chi connectivity index (χ0) is 19.4. The molecule has 2 aromatic rings. The van der Waals surface area contributed by atoms with Gasteiger partial charge in [0.25, 0.3) is 0 Å². The number of aromatic nitrogens is 1. The Kier molecular flexibility index (Phi) is 5.45. The number of hydrogen-bond donors (Lipinski definition) is 0. The summed E-state index contributed by atoms with van der Waals surface area (Å²) in [6.07, 6.45) is -0.506. The first-order chi connectivity index (χ1) is 12.9. The minimum absolute atomic E-state index is 0.0541. The van der Waals surface area contributed by atoms with E-state index in [0.29, 0.717) is 11.1 Å². The summed E-state index contributed by atoms with van der Waals surface area (Å²) in [6, 6.07) is 11.3. The van der Waals surface area contributed by atoms with E-state index in [9.17, 15) is 18.0 Å². The third kappa shape index (κ3) is 4.64. The summed E-state index contributed by atoms with van der Waals surface area (Å²) in [7, 11) is 0. The van der Waals surface area contributed by atoms with Gasteiger partial charge in [-0.3, -0.25) is 9.78 Å². The topological polar surface area (TPSA) is 57.0 Å². The lowest BCUT2D eigenvalue weighted by atomic mass is 9.90. The molecule has 1 aliphatic carbocycles. The number of benzene rings is 1. The number of alkyl halides is 3. The monoisotopic (exact) mass is 373 g/mol. The Balaban J connectivity index is 1.76. The van der Waals surface area contributed by atoms with Crippen molar-refractivity contribution in [2.24, 2.45) is 0 Å². The molecule has 4 nitrogen and oxygen atoms in total. The lowest BCUT2D eigenvalue weighted by Gasteiger charge is -2.38. The van der Waals surface area contributed by atoms with E-state index in [0.717, 1.165) is 37.1 Å². The lowest BCUT2D eigenvalue weighted by molar-refractivity contribution is -0.141. The van der Waals surface area contributed by atoms with Crippen molar-refractivity contribution >= 4 is 5.91 Å². The Morgan fingerprint density at radius 3 is 2.44 bits per heavy atom. The van der Waals surface area contributed by atoms with Crippen LogP contribution < -0.4 is 0 Å². The van der Waals surface area contributed by atoms with E-state index < -0.39 is 11.9 Å². The average molecular weight is 373 g/mol. The fourth-order valence-electron chi connectivity index (χ4n) is 3.02. The predicted octanol–water partition coefficient (Wildman–Crippen LogP) is 4.10. The van der Waals surface area contributed by atoms with Gasteiger partial charge in [0.05, 0.1) is 18.1 Å². The normalized spacial score (nSPS) is 14.3. The molecule has 0 bridgehead atoms. The number of carbonyl (C=O) groups excluding carboxylic acids is 1. The number of rotatable bonds is 5. The van der Waals surface area contributed by atoms with Gasteiger partial charge in [-0.25, -0.2) is 0 Å². The number of nitrogens with zero attached hydrogens (tertiary/aromatic N) is 3. The van der Waals surface area contributed by atoms with E-state index in [-0.39, 0.29) is 24.9 Å². The molecule has 1 amide bonds. The minimum Gasteiger partial charge on any atom is -0.335 e.